The van der Waals surface area contributed by atoms with Crippen molar-refractivity contribution >= 4 is 38.5 Å². The summed E-state index contributed by atoms with van der Waals surface area (Å²) in [4.78, 5) is 19.1. The molecule has 0 unspecified atom stereocenters. The van der Waals surface area contributed by atoms with E-state index in [0.717, 1.165) is 27.6 Å². The number of nitrogens with one attached hydrogen (secondary N) is 1. The SMILES string of the molecule is Cc1ccc(C)c(OCc2nc(SCC(=O)N3CCN(S(=O)(=O)c4ccc5ccccc5c4)CC3)n[nH]2)c1. The Labute approximate surface area is 226 Å². The van der Waals surface area contributed by atoms with Crippen LogP contribution in [-0.2, 0) is 21.4 Å². The molecule has 0 saturated carbocycles. The number of thioether (sulfide) groups is 1. The van der Waals surface area contributed by atoms with Gasteiger partial charge in [0.05, 0.1) is 10.6 Å². The normalized spacial score (nSPS) is 14.6. The van der Waals surface area contributed by atoms with Gasteiger partial charge < -0.3 is 9.64 Å². The van der Waals surface area contributed by atoms with E-state index in [-0.39, 0.29) is 36.3 Å². The second-order valence-corrected chi connectivity index (χ2v) is 12.1. The van der Waals surface area contributed by atoms with Crippen molar-refractivity contribution in [2.75, 3.05) is 31.9 Å². The highest BCUT2D eigenvalue weighted by Crippen LogP contribution is 2.24. The number of aromatic nitrogens is 3. The first-order valence-corrected chi connectivity index (χ1v) is 14.7. The predicted molar refractivity (Wildman–Crippen MR) is 147 cm³/mol. The van der Waals surface area contributed by atoms with Crippen molar-refractivity contribution in [2.24, 2.45) is 0 Å². The highest BCUT2D eigenvalue weighted by atomic mass is 32.2. The molecule has 0 spiro atoms. The van der Waals surface area contributed by atoms with Crippen LogP contribution in [0.15, 0.2) is 70.7 Å². The molecule has 38 heavy (non-hydrogen) atoms. The van der Waals surface area contributed by atoms with Crippen molar-refractivity contribution in [3.8, 4) is 5.75 Å². The Balaban J connectivity index is 1.11. The number of fused-ring (bicyclic) bond motifs is 1. The van der Waals surface area contributed by atoms with Crippen molar-refractivity contribution < 1.29 is 17.9 Å². The topological polar surface area (TPSA) is 108 Å². The minimum absolute atomic E-state index is 0.0734. The smallest absolute Gasteiger partial charge is 0.243 e. The molecule has 2 heterocycles. The molecule has 5 rings (SSSR count). The zero-order valence-electron chi connectivity index (χ0n) is 21.3. The number of aryl methyl sites for hydroxylation is 2. The molecule has 1 saturated heterocycles. The lowest BCUT2D eigenvalue weighted by molar-refractivity contribution is -0.129. The van der Waals surface area contributed by atoms with Crippen LogP contribution in [0.2, 0.25) is 0 Å². The highest BCUT2D eigenvalue weighted by molar-refractivity contribution is 7.99. The van der Waals surface area contributed by atoms with E-state index in [0.29, 0.717) is 24.1 Å². The Morgan fingerprint density at radius 2 is 1.76 bits per heavy atom. The van der Waals surface area contributed by atoms with Gasteiger partial charge in [-0.3, -0.25) is 9.89 Å². The number of carbonyl (C=O) groups excluding carboxylic acids is 1. The van der Waals surface area contributed by atoms with Gasteiger partial charge in [-0.15, -0.1) is 5.10 Å². The van der Waals surface area contributed by atoms with Crippen molar-refractivity contribution in [3.05, 3.63) is 77.6 Å². The molecule has 1 amide bonds. The van der Waals surface area contributed by atoms with Crippen LogP contribution in [0.5, 0.6) is 5.75 Å². The summed E-state index contributed by atoms with van der Waals surface area (Å²) < 4.78 is 33.7. The molecule has 9 nitrogen and oxygen atoms in total. The number of nitrogens with zero attached hydrogens (tertiary/aromatic N) is 4. The Morgan fingerprint density at radius 3 is 2.55 bits per heavy atom. The fourth-order valence-corrected chi connectivity index (χ4v) is 6.47. The maximum atomic E-state index is 13.2. The number of rotatable bonds is 8. The van der Waals surface area contributed by atoms with Crippen molar-refractivity contribution in [1.82, 2.24) is 24.4 Å². The molecule has 1 aliphatic rings. The molecule has 1 aromatic heterocycles. The van der Waals surface area contributed by atoms with Gasteiger partial charge in [0.1, 0.15) is 12.4 Å². The van der Waals surface area contributed by atoms with E-state index in [1.54, 1.807) is 17.0 Å². The molecule has 3 aromatic carbocycles. The summed E-state index contributed by atoms with van der Waals surface area (Å²) in [5.41, 5.74) is 2.16. The van der Waals surface area contributed by atoms with Crippen LogP contribution in [-0.4, -0.2) is 70.6 Å². The van der Waals surface area contributed by atoms with E-state index >= 15 is 0 Å². The Hall–Kier alpha value is -3.41. The number of aromatic amines is 1. The first kappa shape index (κ1) is 26.2. The lowest BCUT2D eigenvalue weighted by Crippen LogP contribution is -2.50. The van der Waals surface area contributed by atoms with E-state index in [9.17, 15) is 13.2 Å². The van der Waals surface area contributed by atoms with Crippen LogP contribution in [0.4, 0.5) is 0 Å². The standard InChI is InChI=1S/C27H29N5O4S2/c1-19-7-8-20(2)24(15-19)36-17-25-28-27(30-29-25)37-18-26(33)31-11-13-32(14-12-31)38(34,35)23-10-9-21-5-3-4-6-22(21)16-23/h3-10,15-16H,11-14,17-18H2,1-2H3,(H,28,29,30). The van der Waals surface area contributed by atoms with Gasteiger partial charge in [0.2, 0.25) is 21.1 Å². The van der Waals surface area contributed by atoms with Gasteiger partial charge in [-0.1, -0.05) is 54.2 Å². The van der Waals surface area contributed by atoms with Crippen molar-refractivity contribution in [2.45, 2.75) is 30.5 Å². The molecule has 1 fully saturated rings. The zero-order valence-corrected chi connectivity index (χ0v) is 22.9. The van der Waals surface area contributed by atoms with Crippen LogP contribution in [0.3, 0.4) is 0 Å². The fraction of sp³-hybridized carbons (Fsp3) is 0.296. The average Bonchev–Trinajstić information content (AvgIpc) is 3.40. The number of carbonyl (C=O) groups is 1. The minimum atomic E-state index is -3.63. The van der Waals surface area contributed by atoms with E-state index in [1.165, 1.54) is 16.1 Å². The first-order valence-electron chi connectivity index (χ1n) is 12.3. The van der Waals surface area contributed by atoms with Gasteiger partial charge in [0.25, 0.3) is 0 Å². The lowest BCUT2D eigenvalue weighted by atomic mass is 10.1. The number of sulfonamides is 1. The van der Waals surface area contributed by atoms with Gasteiger partial charge >= 0.3 is 0 Å². The molecular formula is C27H29N5O4S2. The summed E-state index contributed by atoms with van der Waals surface area (Å²) >= 11 is 1.24. The summed E-state index contributed by atoms with van der Waals surface area (Å²) in [5.74, 6) is 1.48. The highest BCUT2D eigenvalue weighted by Gasteiger charge is 2.30. The average molecular weight is 552 g/mol. The van der Waals surface area contributed by atoms with Crippen LogP contribution in [0.1, 0.15) is 17.0 Å². The summed E-state index contributed by atoms with van der Waals surface area (Å²) in [5, 5.41) is 9.37. The van der Waals surface area contributed by atoms with Gasteiger partial charge in [-0.25, -0.2) is 13.4 Å². The van der Waals surface area contributed by atoms with Crippen LogP contribution >= 0.6 is 11.8 Å². The third-order valence-electron chi connectivity index (χ3n) is 6.49. The number of H-pyrrole nitrogens is 1. The number of hydrogen-bond donors (Lipinski definition) is 1. The van der Waals surface area contributed by atoms with Crippen LogP contribution in [0, 0.1) is 13.8 Å². The molecule has 0 bridgehead atoms. The van der Waals surface area contributed by atoms with Gasteiger partial charge in [-0.05, 0) is 53.9 Å². The molecular weight excluding hydrogens is 522 g/mol. The number of piperazine rings is 1. The summed E-state index contributed by atoms with van der Waals surface area (Å²) in [6.07, 6.45) is 0. The third-order valence-corrected chi connectivity index (χ3v) is 9.22. The molecule has 0 aliphatic carbocycles. The van der Waals surface area contributed by atoms with Crippen LogP contribution < -0.4 is 4.74 Å². The Bertz CT molecular complexity index is 1560. The molecule has 1 N–H and O–H groups in total. The summed E-state index contributed by atoms with van der Waals surface area (Å²) in [7, 11) is -3.63. The number of ether oxygens (including phenoxy) is 1. The third kappa shape index (κ3) is 5.85. The van der Waals surface area contributed by atoms with Crippen molar-refractivity contribution in [3.63, 3.8) is 0 Å². The van der Waals surface area contributed by atoms with E-state index in [1.807, 2.05) is 62.4 Å². The summed E-state index contributed by atoms with van der Waals surface area (Å²) in [6.45, 7) is 5.44. The molecule has 11 heteroatoms. The van der Waals surface area contributed by atoms with E-state index in [2.05, 4.69) is 15.2 Å². The Morgan fingerprint density at radius 1 is 1.00 bits per heavy atom. The lowest BCUT2D eigenvalue weighted by Gasteiger charge is -2.34. The molecule has 198 valence electrons. The van der Waals surface area contributed by atoms with Gasteiger partial charge in [0, 0.05) is 26.2 Å². The number of amides is 1. The second kappa shape index (κ2) is 11.1. The fourth-order valence-electron chi connectivity index (χ4n) is 4.29. The predicted octanol–water partition coefficient (Wildman–Crippen LogP) is 3.78. The monoisotopic (exact) mass is 551 g/mol. The van der Waals surface area contributed by atoms with Crippen LogP contribution in [0.25, 0.3) is 10.8 Å². The maximum Gasteiger partial charge on any atom is 0.243 e. The first-order chi connectivity index (χ1) is 18.3. The van der Waals surface area contributed by atoms with Gasteiger partial charge in [-0.2, -0.15) is 4.31 Å². The second-order valence-electron chi connectivity index (χ2n) is 9.20. The number of benzene rings is 3. The molecule has 4 aromatic rings. The van der Waals surface area contributed by atoms with Crippen molar-refractivity contribution in [1.29, 1.82) is 0 Å². The largest absolute Gasteiger partial charge is 0.485 e. The maximum absolute atomic E-state index is 13.2. The molecule has 1 aliphatic heterocycles. The van der Waals surface area contributed by atoms with Gasteiger partial charge in [0.15, 0.2) is 5.82 Å². The molecule has 0 atom stereocenters. The van der Waals surface area contributed by atoms with E-state index < -0.39 is 10.0 Å². The quantitative estimate of drug-likeness (QED) is 0.332. The summed E-state index contributed by atoms with van der Waals surface area (Å²) in [6, 6.07) is 18.9. The Kier molecular flexibility index (Phi) is 7.68. The number of hydrogen-bond acceptors (Lipinski definition) is 7. The zero-order chi connectivity index (χ0) is 26.7. The minimum Gasteiger partial charge on any atom is -0.485 e. The molecule has 0 radical (unpaired) electrons. The van der Waals surface area contributed by atoms with E-state index in [4.69, 9.17) is 4.74 Å².